The predicted octanol–water partition coefficient (Wildman–Crippen LogP) is 3.65. The van der Waals surface area contributed by atoms with Gasteiger partial charge in [0.15, 0.2) is 0 Å². The van der Waals surface area contributed by atoms with Gasteiger partial charge in [-0.25, -0.2) is 0 Å². The molecular formula is C15H22O. The molecule has 1 heteroatoms. The number of aryl methyl sites for hydroxylation is 1. The lowest BCUT2D eigenvalue weighted by molar-refractivity contribution is 0.0138. The average Bonchev–Trinajstić information content (AvgIpc) is 2.58. The Hall–Kier alpha value is -0.820. The third kappa shape index (κ3) is 2.15. The van der Waals surface area contributed by atoms with Crippen LogP contribution in [0.3, 0.4) is 0 Å². The molecule has 1 aromatic carbocycles. The van der Waals surface area contributed by atoms with Gasteiger partial charge >= 0.3 is 0 Å². The minimum absolute atomic E-state index is 0.550. The molecule has 1 aromatic rings. The number of fused-ring (bicyclic) bond motifs is 1. The van der Waals surface area contributed by atoms with Crippen LogP contribution < -0.4 is 0 Å². The van der Waals surface area contributed by atoms with Gasteiger partial charge in [-0.1, -0.05) is 51.0 Å². The van der Waals surface area contributed by atoms with Gasteiger partial charge in [-0.05, 0) is 36.3 Å². The molecule has 0 radical (unpaired) electrons. The SMILES string of the molecule is CCCC(C)CC1(O)CCc2ccccc21. The zero-order chi connectivity index (χ0) is 11.6. The van der Waals surface area contributed by atoms with Crippen LogP contribution in [0.1, 0.15) is 50.7 Å². The molecule has 0 spiro atoms. The van der Waals surface area contributed by atoms with E-state index < -0.39 is 5.60 Å². The number of benzene rings is 1. The molecule has 2 unspecified atom stereocenters. The maximum Gasteiger partial charge on any atom is 0.0904 e. The fourth-order valence-corrected chi connectivity index (χ4v) is 3.05. The zero-order valence-corrected chi connectivity index (χ0v) is 10.4. The second-order valence-electron chi connectivity index (χ2n) is 5.29. The van der Waals surface area contributed by atoms with Gasteiger partial charge in [-0.3, -0.25) is 0 Å². The average molecular weight is 218 g/mol. The molecule has 88 valence electrons. The lowest BCUT2D eigenvalue weighted by Gasteiger charge is -2.27. The third-order valence-corrected chi connectivity index (χ3v) is 3.79. The van der Waals surface area contributed by atoms with Crippen molar-refractivity contribution in [1.82, 2.24) is 0 Å². The standard InChI is InChI=1S/C15H22O/c1-3-6-12(2)11-15(16)10-9-13-7-4-5-8-14(13)15/h4-5,7-8,12,16H,3,6,9-11H2,1-2H3. The summed E-state index contributed by atoms with van der Waals surface area (Å²) in [6, 6.07) is 8.36. The second kappa shape index (κ2) is 4.58. The monoisotopic (exact) mass is 218 g/mol. The number of aliphatic hydroxyl groups is 1. The molecule has 0 bridgehead atoms. The third-order valence-electron chi connectivity index (χ3n) is 3.79. The van der Waals surface area contributed by atoms with Crippen LogP contribution in [0.5, 0.6) is 0 Å². The summed E-state index contributed by atoms with van der Waals surface area (Å²) < 4.78 is 0. The minimum atomic E-state index is -0.550. The van der Waals surface area contributed by atoms with Gasteiger partial charge in [0, 0.05) is 0 Å². The Morgan fingerprint density at radius 2 is 2.12 bits per heavy atom. The van der Waals surface area contributed by atoms with Crippen molar-refractivity contribution in [3.8, 4) is 0 Å². The van der Waals surface area contributed by atoms with E-state index in [9.17, 15) is 5.11 Å². The van der Waals surface area contributed by atoms with Crippen molar-refractivity contribution < 1.29 is 5.11 Å². The number of hydrogen-bond acceptors (Lipinski definition) is 1. The van der Waals surface area contributed by atoms with Gasteiger partial charge in [0.05, 0.1) is 5.60 Å². The predicted molar refractivity (Wildman–Crippen MR) is 67.3 cm³/mol. The highest BCUT2D eigenvalue weighted by molar-refractivity contribution is 5.37. The molecule has 0 saturated carbocycles. The van der Waals surface area contributed by atoms with Gasteiger partial charge in [-0.15, -0.1) is 0 Å². The van der Waals surface area contributed by atoms with E-state index in [-0.39, 0.29) is 0 Å². The summed E-state index contributed by atoms with van der Waals surface area (Å²) in [7, 11) is 0. The van der Waals surface area contributed by atoms with Gasteiger partial charge in [0.2, 0.25) is 0 Å². The van der Waals surface area contributed by atoms with Gasteiger partial charge < -0.3 is 5.11 Å². The molecular weight excluding hydrogens is 196 g/mol. The highest BCUT2D eigenvalue weighted by Crippen LogP contribution is 2.41. The largest absolute Gasteiger partial charge is 0.385 e. The van der Waals surface area contributed by atoms with Crippen LogP contribution in [0.25, 0.3) is 0 Å². The fraction of sp³-hybridized carbons (Fsp3) is 0.600. The summed E-state index contributed by atoms with van der Waals surface area (Å²) in [6.45, 7) is 4.46. The molecule has 1 nitrogen and oxygen atoms in total. The van der Waals surface area contributed by atoms with Crippen molar-refractivity contribution in [2.24, 2.45) is 5.92 Å². The van der Waals surface area contributed by atoms with E-state index in [0.29, 0.717) is 5.92 Å². The summed E-state index contributed by atoms with van der Waals surface area (Å²) in [5.41, 5.74) is 1.97. The zero-order valence-electron chi connectivity index (χ0n) is 10.4. The van der Waals surface area contributed by atoms with Crippen molar-refractivity contribution in [1.29, 1.82) is 0 Å². The molecule has 0 aromatic heterocycles. The van der Waals surface area contributed by atoms with Crippen molar-refractivity contribution in [2.75, 3.05) is 0 Å². The Morgan fingerprint density at radius 1 is 1.38 bits per heavy atom. The molecule has 1 aliphatic carbocycles. The summed E-state index contributed by atoms with van der Waals surface area (Å²) in [4.78, 5) is 0. The van der Waals surface area contributed by atoms with Crippen molar-refractivity contribution in [3.63, 3.8) is 0 Å². The highest BCUT2D eigenvalue weighted by atomic mass is 16.3. The van der Waals surface area contributed by atoms with Crippen molar-refractivity contribution >= 4 is 0 Å². The van der Waals surface area contributed by atoms with E-state index in [1.165, 1.54) is 24.0 Å². The van der Waals surface area contributed by atoms with Gasteiger partial charge in [0.1, 0.15) is 0 Å². The van der Waals surface area contributed by atoms with Crippen molar-refractivity contribution in [3.05, 3.63) is 35.4 Å². The van der Waals surface area contributed by atoms with Crippen LogP contribution >= 0.6 is 0 Å². The van der Waals surface area contributed by atoms with Gasteiger partial charge in [0.25, 0.3) is 0 Å². The Balaban J connectivity index is 2.15. The molecule has 1 aliphatic rings. The first kappa shape index (κ1) is 11.7. The van der Waals surface area contributed by atoms with E-state index in [2.05, 4.69) is 32.0 Å². The van der Waals surface area contributed by atoms with E-state index in [4.69, 9.17) is 0 Å². The Bertz CT molecular complexity index is 358. The van der Waals surface area contributed by atoms with Crippen LogP contribution in [0, 0.1) is 5.92 Å². The Labute approximate surface area is 98.5 Å². The topological polar surface area (TPSA) is 20.2 Å². The summed E-state index contributed by atoms with van der Waals surface area (Å²) >= 11 is 0. The minimum Gasteiger partial charge on any atom is -0.385 e. The van der Waals surface area contributed by atoms with E-state index in [0.717, 1.165) is 19.3 Å². The van der Waals surface area contributed by atoms with Crippen molar-refractivity contribution in [2.45, 2.75) is 51.6 Å². The fourth-order valence-electron chi connectivity index (χ4n) is 3.05. The van der Waals surface area contributed by atoms with Crippen LogP contribution in [-0.2, 0) is 12.0 Å². The van der Waals surface area contributed by atoms with Crippen LogP contribution in [0.15, 0.2) is 24.3 Å². The first-order chi connectivity index (χ1) is 7.65. The molecule has 0 saturated heterocycles. The van der Waals surface area contributed by atoms with E-state index >= 15 is 0 Å². The first-order valence-corrected chi connectivity index (χ1v) is 6.46. The maximum absolute atomic E-state index is 10.7. The lowest BCUT2D eigenvalue weighted by atomic mass is 9.85. The molecule has 2 rings (SSSR count). The molecule has 0 aliphatic heterocycles. The molecule has 0 heterocycles. The normalized spacial score (nSPS) is 25.4. The molecule has 16 heavy (non-hydrogen) atoms. The molecule has 1 N–H and O–H groups in total. The quantitative estimate of drug-likeness (QED) is 0.818. The van der Waals surface area contributed by atoms with Crippen LogP contribution in [-0.4, -0.2) is 5.11 Å². The smallest absolute Gasteiger partial charge is 0.0904 e. The Morgan fingerprint density at radius 3 is 2.88 bits per heavy atom. The summed E-state index contributed by atoms with van der Waals surface area (Å²) in [6.07, 6.45) is 5.27. The van der Waals surface area contributed by atoms with Crippen LogP contribution in [0.2, 0.25) is 0 Å². The maximum atomic E-state index is 10.7. The molecule has 2 atom stereocenters. The molecule has 0 amide bonds. The lowest BCUT2D eigenvalue weighted by Crippen LogP contribution is -2.25. The summed E-state index contributed by atoms with van der Waals surface area (Å²) in [5, 5.41) is 10.7. The number of hydrogen-bond donors (Lipinski definition) is 1. The second-order valence-corrected chi connectivity index (χ2v) is 5.29. The number of rotatable bonds is 4. The first-order valence-electron chi connectivity index (χ1n) is 6.46. The molecule has 0 fully saturated rings. The highest BCUT2D eigenvalue weighted by Gasteiger charge is 2.36. The van der Waals surface area contributed by atoms with Crippen LogP contribution in [0.4, 0.5) is 0 Å². The van der Waals surface area contributed by atoms with Gasteiger partial charge in [-0.2, -0.15) is 0 Å². The van der Waals surface area contributed by atoms with E-state index in [1.807, 2.05) is 6.07 Å². The Kier molecular flexibility index (Phi) is 3.34. The van der Waals surface area contributed by atoms with E-state index in [1.54, 1.807) is 0 Å². The summed E-state index contributed by atoms with van der Waals surface area (Å²) in [5.74, 6) is 0.612.